The number of hydrogen-bond donors (Lipinski definition) is 4. The van der Waals surface area contributed by atoms with E-state index in [-0.39, 0.29) is 43.3 Å². The number of ether oxygens (including phenoxy) is 6. The Bertz CT molecular complexity index is 1970. The fourth-order valence-corrected chi connectivity index (χ4v) is 7.56. The topological polar surface area (TPSA) is 189 Å². The number of carboxylic acid groups (broad SMARTS) is 1. The number of amides is 3. The van der Waals surface area contributed by atoms with Crippen LogP contribution in [0.4, 0.5) is 9.59 Å². The second-order valence-corrected chi connectivity index (χ2v) is 24.0. The highest BCUT2D eigenvalue weighted by Crippen LogP contribution is 2.43. The molecule has 0 spiro atoms. The van der Waals surface area contributed by atoms with Gasteiger partial charge in [0.25, 0.3) is 0 Å². The van der Waals surface area contributed by atoms with E-state index in [1.165, 1.54) is 7.11 Å². The molecule has 360 valence electrons. The average molecular weight is 924 g/mol. The molecule has 3 rings (SSSR count). The fraction of sp³-hybridized carbons (Fsp3) is 0.551. The van der Waals surface area contributed by atoms with Crippen LogP contribution in [0.2, 0.25) is 18.1 Å². The van der Waals surface area contributed by atoms with Gasteiger partial charge in [-0.2, -0.15) is 0 Å². The first-order chi connectivity index (χ1) is 30.4. The Balaban J connectivity index is 2.17. The number of rotatable bonds is 24. The monoisotopic (exact) mass is 923 g/mol. The van der Waals surface area contributed by atoms with Crippen molar-refractivity contribution in [2.45, 2.75) is 149 Å². The van der Waals surface area contributed by atoms with Crippen LogP contribution in [0, 0.1) is 5.92 Å². The van der Waals surface area contributed by atoms with E-state index >= 15 is 0 Å². The molecule has 0 fully saturated rings. The second-order valence-electron chi connectivity index (χ2n) is 19.2. The van der Waals surface area contributed by atoms with Crippen LogP contribution in [0.5, 0.6) is 11.5 Å². The summed E-state index contributed by atoms with van der Waals surface area (Å²) in [5, 5.41) is 18.8. The Morgan fingerprint density at radius 1 is 0.769 bits per heavy atom. The molecule has 3 aromatic carbocycles. The van der Waals surface area contributed by atoms with E-state index in [9.17, 15) is 24.3 Å². The summed E-state index contributed by atoms with van der Waals surface area (Å²) in [7, 11) is -1.29. The summed E-state index contributed by atoms with van der Waals surface area (Å²) in [5.41, 5.74) is -0.0314. The van der Waals surface area contributed by atoms with Crippen LogP contribution in [0.3, 0.4) is 0 Å². The molecule has 0 unspecified atom stereocenters. The Morgan fingerprint density at radius 2 is 1.37 bits per heavy atom. The fourth-order valence-electron chi connectivity index (χ4n) is 6.30. The van der Waals surface area contributed by atoms with E-state index in [4.69, 9.17) is 32.8 Å². The zero-order valence-corrected chi connectivity index (χ0v) is 41.6. The maximum atomic E-state index is 14.2. The molecule has 0 aliphatic rings. The maximum Gasteiger partial charge on any atom is 0.408 e. The first-order valence-corrected chi connectivity index (χ1v) is 25.0. The van der Waals surface area contributed by atoms with Crippen molar-refractivity contribution in [3.05, 3.63) is 95.6 Å². The first kappa shape index (κ1) is 54.2. The smallest absolute Gasteiger partial charge is 0.408 e. The Morgan fingerprint density at radius 3 is 1.89 bits per heavy atom. The number of benzene rings is 3. The molecule has 0 saturated carbocycles. The van der Waals surface area contributed by atoms with Gasteiger partial charge in [0, 0.05) is 7.11 Å². The number of alkyl carbamates (subject to hydrolysis) is 2. The third kappa shape index (κ3) is 17.6. The first-order valence-electron chi connectivity index (χ1n) is 22.1. The maximum absolute atomic E-state index is 14.2. The van der Waals surface area contributed by atoms with Crippen molar-refractivity contribution in [2.75, 3.05) is 20.5 Å². The molecule has 4 N–H and O–H groups in total. The molecule has 65 heavy (non-hydrogen) atoms. The van der Waals surface area contributed by atoms with Gasteiger partial charge in [0.2, 0.25) is 5.91 Å². The lowest BCUT2D eigenvalue weighted by atomic mass is 9.92. The van der Waals surface area contributed by atoms with Gasteiger partial charge < -0.3 is 53.9 Å². The third-order valence-corrected chi connectivity index (χ3v) is 15.6. The third-order valence-electron chi connectivity index (χ3n) is 11.1. The zero-order valence-electron chi connectivity index (χ0n) is 40.6. The quantitative estimate of drug-likeness (QED) is 0.0379. The van der Waals surface area contributed by atoms with Crippen molar-refractivity contribution in [3.63, 3.8) is 0 Å². The molecule has 0 bridgehead atoms. The summed E-state index contributed by atoms with van der Waals surface area (Å²) < 4.78 is 42.4. The molecule has 15 nitrogen and oxygen atoms in total. The molecule has 3 aromatic rings. The van der Waals surface area contributed by atoms with E-state index in [0.29, 0.717) is 24.2 Å². The minimum absolute atomic E-state index is 0.0288. The predicted octanol–water partition coefficient (Wildman–Crippen LogP) is 9.30. The van der Waals surface area contributed by atoms with Gasteiger partial charge in [0.15, 0.2) is 25.9 Å². The van der Waals surface area contributed by atoms with Gasteiger partial charge in [-0.15, -0.1) is 0 Å². The lowest BCUT2D eigenvalue weighted by Gasteiger charge is -2.41. The summed E-state index contributed by atoms with van der Waals surface area (Å²) in [6.45, 7) is 22.9. The van der Waals surface area contributed by atoms with Gasteiger partial charge in [-0.1, -0.05) is 108 Å². The number of nitrogens with one attached hydrogen (secondary N) is 3. The molecule has 0 aliphatic heterocycles. The Hall–Kier alpha value is -5.16. The van der Waals surface area contributed by atoms with Crippen LogP contribution in [0.25, 0.3) is 0 Å². The van der Waals surface area contributed by atoms with Gasteiger partial charge in [0.1, 0.15) is 43.4 Å². The van der Waals surface area contributed by atoms with Crippen molar-refractivity contribution in [1.82, 2.24) is 16.0 Å². The van der Waals surface area contributed by atoms with Crippen LogP contribution in [0.15, 0.2) is 78.9 Å². The molecule has 0 aromatic heterocycles. The minimum atomic E-state index is -2.77. The second kappa shape index (κ2) is 24.4. The summed E-state index contributed by atoms with van der Waals surface area (Å²) in [5.74, 6) is -1.27. The number of carboxylic acids is 1. The van der Waals surface area contributed by atoms with E-state index in [0.717, 1.165) is 11.1 Å². The number of carbonyl (C=O) groups is 4. The van der Waals surface area contributed by atoms with Crippen molar-refractivity contribution in [2.24, 2.45) is 5.92 Å². The molecule has 16 heteroatoms. The van der Waals surface area contributed by atoms with Crippen LogP contribution in [-0.2, 0) is 46.2 Å². The molecule has 0 radical (unpaired) electrons. The number of methoxy groups -OCH3 is 1. The lowest BCUT2D eigenvalue weighted by molar-refractivity contribution is -0.142. The van der Waals surface area contributed by atoms with E-state index in [1.54, 1.807) is 51.1 Å². The lowest BCUT2D eigenvalue weighted by Crippen LogP contribution is -2.60. The van der Waals surface area contributed by atoms with Crippen LogP contribution in [0.1, 0.15) is 105 Å². The zero-order chi connectivity index (χ0) is 48.6. The van der Waals surface area contributed by atoms with E-state index in [1.807, 2.05) is 110 Å². The van der Waals surface area contributed by atoms with Gasteiger partial charge in [0.05, 0.1) is 12.6 Å². The molecule has 3 amide bonds. The highest BCUT2D eigenvalue weighted by Gasteiger charge is 2.44. The van der Waals surface area contributed by atoms with Crippen molar-refractivity contribution >= 4 is 32.4 Å². The van der Waals surface area contributed by atoms with Crippen LogP contribution >= 0.6 is 0 Å². The SMILES string of the molecule is CC[C@@](C)(Oc1cc([C@@H](O[Si](C)(C)C(C)(C)C)[C@H](NC(=O)OCc2ccccc2)C(=O)O)ccc1OCc1ccccc1)[C@@H](COCOC)NC(=O)[C@H](CC(C)C)NC(=O)OC(C)(C)C. The van der Waals surface area contributed by atoms with E-state index in [2.05, 4.69) is 16.0 Å². The molecule has 0 heterocycles. The normalized spacial score (nSPS) is 14.8. The highest BCUT2D eigenvalue weighted by atomic mass is 28.4. The standard InChI is InChI=1S/C49H73N3O12Si/c1-14-49(10,40(31-59-32-58-11)51-43(53)37(27-33(2)3)50-46(57)63-47(4,5)6)62-39-28-36(25-26-38(39)60-29-34-21-17-15-18-22-34)42(64-65(12,13)48(7,8)9)41(44(54)55)52-45(56)61-30-35-23-19-16-20-24-35/h15-26,28,33,37,40-42H,14,27,29-32H2,1-13H3,(H,50,57)(H,51,53)(H,52,56)(H,54,55)/t37-,40+,41-,42+,49+/m0/s1. The molecular weight excluding hydrogens is 851 g/mol. The molecule has 5 atom stereocenters. The minimum Gasteiger partial charge on any atom is -0.485 e. The Kier molecular flexibility index (Phi) is 20.3. The molecule has 0 saturated heterocycles. The van der Waals surface area contributed by atoms with Gasteiger partial charge >= 0.3 is 18.2 Å². The molecule has 0 aliphatic carbocycles. The van der Waals surface area contributed by atoms with Crippen LogP contribution < -0.4 is 25.4 Å². The summed E-state index contributed by atoms with van der Waals surface area (Å²) >= 11 is 0. The van der Waals surface area contributed by atoms with E-state index < -0.39 is 67.8 Å². The largest absolute Gasteiger partial charge is 0.485 e. The number of aliphatic carboxylic acids is 1. The highest BCUT2D eigenvalue weighted by molar-refractivity contribution is 6.74. The van der Waals surface area contributed by atoms with Crippen LogP contribution in [-0.4, -0.2) is 87.3 Å². The average Bonchev–Trinajstić information content (AvgIpc) is 3.22. The number of carbonyl (C=O) groups excluding carboxylic acids is 3. The van der Waals surface area contributed by atoms with Crippen molar-refractivity contribution < 1.29 is 57.1 Å². The van der Waals surface area contributed by atoms with Gasteiger partial charge in [-0.3, -0.25) is 4.79 Å². The molecular formula is C49H73N3O12Si. The summed E-state index contributed by atoms with van der Waals surface area (Å²) in [6, 6.07) is 20.2. The van der Waals surface area contributed by atoms with Gasteiger partial charge in [-0.25, -0.2) is 14.4 Å². The predicted molar refractivity (Wildman–Crippen MR) is 251 cm³/mol. The number of hydrogen-bond acceptors (Lipinski definition) is 11. The van der Waals surface area contributed by atoms with Crippen molar-refractivity contribution in [3.8, 4) is 11.5 Å². The Labute approximate surface area is 386 Å². The van der Waals surface area contributed by atoms with Gasteiger partial charge in [-0.05, 0) is 93.4 Å². The summed E-state index contributed by atoms with van der Waals surface area (Å²) in [4.78, 5) is 53.7. The summed E-state index contributed by atoms with van der Waals surface area (Å²) in [6.07, 6.45) is -2.26. The van der Waals surface area contributed by atoms with Crippen molar-refractivity contribution in [1.29, 1.82) is 0 Å².